The summed E-state index contributed by atoms with van der Waals surface area (Å²) in [5.41, 5.74) is 1.96. The minimum absolute atomic E-state index is 0.0397. The molecular weight excluding hydrogens is 640 g/mol. The summed E-state index contributed by atoms with van der Waals surface area (Å²) in [6, 6.07) is 9.13. The molecule has 6 heterocycles. The molecule has 0 saturated carbocycles. The van der Waals surface area contributed by atoms with E-state index in [0.29, 0.717) is 47.3 Å². The second kappa shape index (κ2) is 12.8. The zero-order chi connectivity index (χ0) is 33.3. The van der Waals surface area contributed by atoms with Crippen LogP contribution in [0.2, 0.25) is 0 Å². The van der Waals surface area contributed by atoms with Crippen LogP contribution in [0.4, 0.5) is 0 Å². The normalized spacial score (nSPS) is 41.5. The minimum Gasteiger partial charge on any atom is -0.454 e. The van der Waals surface area contributed by atoms with E-state index in [2.05, 4.69) is 0 Å². The summed E-state index contributed by atoms with van der Waals surface area (Å²) in [4.78, 5) is 0. The molecule has 6 aliphatic rings. The van der Waals surface area contributed by atoms with Gasteiger partial charge in [0.15, 0.2) is 29.3 Å². The Balaban J connectivity index is 1.13. The van der Waals surface area contributed by atoms with E-state index < -0.39 is 80.5 Å². The Morgan fingerprint density at radius 2 is 1.15 bits per heavy atom. The van der Waals surface area contributed by atoms with Gasteiger partial charge in [0, 0.05) is 11.8 Å². The van der Waals surface area contributed by atoms with Crippen LogP contribution in [0.5, 0.6) is 23.0 Å². The first-order valence-corrected chi connectivity index (χ1v) is 15.9. The molecule has 6 aliphatic heterocycles. The summed E-state index contributed by atoms with van der Waals surface area (Å²) >= 11 is 0. The van der Waals surface area contributed by atoms with Crippen molar-refractivity contribution in [1.29, 1.82) is 0 Å². The van der Waals surface area contributed by atoms with Gasteiger partial charge in [0.25, 0.3) is 0 Å². The molecule has 7 N–H and O–H groups in total. The molecule has 262 valence electrons. The molecule has 0 aromatic heterocycles. The highest BCUT2D eigenvalue weighted by molar-refractivity contribution is 5.51. The number of rotatable bonds is 7. The summed E-state index contributed by atoms with van der Waals surface area (Å²) in [5, 5.41) is 73.4. The molecule has 8 rings (SSSR count). The smallest absolute Gasteiger partial charge is 0.231 e. The van der Waals surface area contributed by atoms with E-state index in [1.807, 2.05) is 18.2 Å². The minimum atomic E-state index is -1.79. The molecule has 0 spiro atoms. The zero-order valence-corrected chi connectivity index (χ0v) is 25.5. The maximum absolute atomic E-state index is 11.4. The monoisotopic (exact) mass is 678 g/mol. The Bertz CT molecular complexity index is 1490. The Morgan fingerprint density at radius 3 is 1.83 bits per heavy atom. The number of aliphatic hydroxyl groups excluding tert-OH is 7. The number of ether oxygens (including phenoxy) is 9. The highest BCUT2D eigenvalue weighted by atomic mass is 16.7. The molecule has 4 saturated heterocycles. The fourth-order valence-corrected chi connectivity index (χ4v) is 7.60. The van der Waals surface area contributed by atoms with E-state index >= 15 is 0 Å². The van der Waals surface area contributed by atoms with E-state index in [1.165, 1.54) is 0 Å². The molecule has 2 unspecified atom stereocenters. The van der Waals surface area contributed by atoms with E-state index in [-0.39, 0.29) is 31.5 Å². The molecule has 0 radical (unpaired) electrons. The van der Waals surface area contributed by atoms with Crippen molar-refractivity contribution < 1.29 is 78.4 Å². The average molecular weight is 679 g/mol. The Hall–Kier alpha value is -2.84. The van der Waals surface area contributed by atoms with Crippen molar-refractivity contribution in [2.75, 3.05) is 40.0 Å². The topological polar surface area (TPSA) is 225 Å². The van der Waals surface area contributed by atoms with Crippen LogP contribution < -0.4 is 18.9 Å². The zero-order valence-electron chi connectivity index (χ0n) is 25.5. The lowest BCUT2D eigenvalue weighted by Crippen LogP contribution is -2.62. The van der Waals surface area contributed by atoms with Crippen molar-refractivity contribution in [3.63, 3.8) is 0 Å². The summed E-state index contributed by atoms with van der Waals surface area (Å²) in [5.74, 6) is 1.97. The van der Waals surface area contributed by atoms with Crippen molar-refractivity contribution in [3.05, 3.63) is 47.0 Å². The molecular formula is C32H38O16. The van der Waals surface area contributed by atoms with Gasteiger partial charge in [-0.15, -0.1) is 0 Å². The Kier molecular flexibility index (Phi) is 8.63. The third-order valence-corrected chi connectivity index (χ3v) is 10.2. The highest BCUT2D eigenvalue weighted by Crippen LogP contribution is 2.54. The molecule has 2 aromatic rings. The Labute approximate surface area is 273 Å². The molecule has 0 amide bonds. The van der Waals surface area contributed by atoms with E-state index in [4.69, 9.17) is 42.6 Å². The van der Waals surface area contributed by atoms with Gasteiger partial charge < -0.3 is 78.4 Å². The standard InChI is InChI=1S/C32H38O16/c33-6-21-24(36)26(38)31(48-32-27(39)25(37)23(35)22(7-34)47-32)30(46-21)14-5-20-19(44-11-45-20)4-13(14)29-16-9-40-28(15(16)8-41-29)12-1-2-17-18(3-12)43-10-42-17/h1-5,15-16,21-39H,6-11H2/t15?,16?,21-,22-,23-,24-,25+,26+,27-,28-,29-,30+,31-,32+/m1/s1. The van der Waals surface area contributed by atoms with Crippen LogP contribution in [-0.2, 0) is 23.7 Å². The van der Waals surface area contributed by atoms with Crippen molar-refractivity contribution in [2.45, 2.75) is 73.4 Å². The second-order valence-electron chi connectivity index (χ2n) is 12.8. The maximum Gasteiger partial charge on any atom is 0.231 e. The number of aliphatic hydroxyl groups is 7. The third-order valence-electron chi connectivity index (χ3n) is 10.2. The average Bonchev–Trinajstić information content (AvgIpc) is 3.91. The van der Waals surface area contributed by atoms with Gasteiger partial charge in [-0.05, 0) is 41.0 Å². The quantitative estimate of drug-likeness (QED) is 0.178. The Morgan fingerprint density at radius 1 is 0.583 bits per heavy atom. The van der Waals surface area contributed by atoms with Crippen molar-refractivity contribution in [3.8, 4) is 23.0 Å². The third kappa shape index (κ3) is 5.31. The SMILES string of the molecule is OC[C@H]1O[C@@H](O[C@@H]2[C@@H](O)[C@H](O)[C@@H](CO)O[C@H]2c2cc3c(cc2[C@H]2OCC4C2CO[C@@H]4c2ccc4c(c2)OCO4)OCO3)[C@H](O)[C@@H](O)[C@@H]1O. The molecule has 0 aliphatic carbocycles. The van der Waals surface area contributed by atoms with Gasteiger partial charge in [0.2, 0.25) is 13.6 Å². The first-order chi connectivity index (χ1) is 23.3. The number of hydrogen-bond donors (Lipinski definition) is 7. The van der Waals surface area contributed by atoms with E-state index in [0.717, 1.165) is 5.56 Å². The first-order valence-electron chi connectivity index (χ1n) is 15.9. The van der Waals surface area contributed by atoms with E-state index in [1.54, 1.807) is 12.1 Å². The van der Waals surface area contributed by atoms with Gasteiger partial charge in [-0.25, -0.2) is 0 Å². The summed E-state index contributed by atoms with van der Waals surface area (Å²) in [6.07, 6.45) is -16.2. The predicted molar refractivity (Wildman–Crippen MR) is 155 cm³/mol. The molecule has 0 bridgehead atoms. The highest BCUT2D eigenvalue weighted by Gasteiger charge is 2.54. The number of benzene rings is 2. The lowest BCUT2D eigenvalue weighted by molar-refractivity contribution is -0.342. The van der Waals surface area contributed by atoms with Crippen LogP contribution in [0.25, 0.3) is 0 Å². The van der Waals surface area contributed by atoms with Crippen LogP contribution in [0, 0.1) is 11.8 Å². The summed E-state index contributed by atoms with van der Waals surface area (Å²) < 4.78 is 53.0. The molecule has 16 heteroatoms. The second-order valence-corrected chi connectivity index (χ2v) is 12.8. The number of fused-ring (bicyclic) bond motifs is 3. The van der Waals surface area contributed by atoms with Gasteiger partial charge >= 0.3 is 0 Å². The molecule has 4 fully saturated rings. The summed E-state index contributed by atoms with van der Waals surface area (Å²) in [7, 11) is 0. The number of hydrogen-bond acceptors (Lipinski definition) is 16. The van der Waals surface area contributed by atoms with Crippen LogP contribution in [0.15, 0.2) is 30.3 Å². The van der Waals surface area contributed by atoms with Crippen LogP contribution in [0.1, 0.15) is 35.0 Å². The van der Waals surface area contributed by atoms with Crippen LogP contribution in [-0.4, -0.2) is 131 Å². The van der Waals surface area contributed by atoms with Crippen molar-refractivity contribution in [2.24, 2.45) is 11.8 Å². The first kappa shape index (κ1) is 32.4. The van der Waals surface area contributed by atoms with Crippen LogP contribution in [0.3, 0.4) is 0 Å². The van der Waals surface area contributed by atoms with Gasteiger partial charge in [-0.2, -0.15) is 0 Å². The molecule has 2 aromatic carbocycles. The van der Waals surface area contributed by atoms with Gasteiger partial charge in [0.1, 0.15) is 54.9 Å². The van der Waals surface area contributed by atoms with Gasteiger partial charge in [-0.3, -0.25) is 0 Å². The van der Waals surface area contributed by atoms with Crippen LogP contribution >= 0.6 is 0 Å². The lowest BCUT2D eigenvalue weighted by atomic mass is 9.81. The van der Waals surface area contributed by atoms with Gasteiger partial charge in [-0.1, -0.05) is 6.07 Å². The molecule has 16 nitrogen and oxygen atoms in total. The fraction of sp³-hybridized carbons (Fsp3) is 0.625. The fourth-order valence-electron chi connectivity index (χ4n) is 7.60. The molecule has 14 atom stereocenters. The molecule has 48 heavy (non-hydrogen) atoms. The largest absolute Gasteiger partial charge is 0.454 e. The van der Waals surface area contributed by atoms with Crippen molar-refractivity contribution in [1.82, 2.24) is 0 Å². The predicted octanol–water partition coefficient (Wildman–Crippen LogP) is -1.44. The van der Waals surface area contributed by atoms with E-state index in [9.17, 15) is 35.7 Å². The van der Waals surface area contributed by atoms with Gasteiger partial charge in [0.05, 0.1) is 38.6 Å². The van der Waals surface area contributed by atoms with Crippen molar-refractivity contribution >= 4 is 0 Å². The lowest BCUT2D eigenvalue weighted by Gasteiger charge is -2.46. The maximum atomic E-state index is 11.4. The summed E-state index contributed by atoms with van der Waals surface area (Å²) in [6.45, 7) is -0.504.